The maximum atomic E-state index is 12.0. The SMILES string of the molecule is CCC.CC[C@H](NC(=O)c1ccc(Br)c(OC)c1)C(=O)OC. The number of carbonyl (C=O) groups excluding carboxylic acids is 2. The van der Waals surface area contributed by atoms with Gasteiger partial charge in [-0.15, -0.1) is 0 Å². The Kier molecular flexibility index (Phi) is 10.3. The Morgan fingerprint density at radius 1 is 1.23 bits per heavy atom. The predicted molar refractivity (Wildman–Crippen MR) is 90.2 cm³/mol. The second-order valence-corrected chi connectivity index (χ2v) is 5.37. The summed E-state index contributed by atoms with van der Waals surface area (Å²) in [7, 11) is 2.81. The van der Waals surface area contributed by atoms with Crippen LogP contribution in [0.15, 0.2) is 22.7 Å². The highest BCUT2D eigenvalue weighted by molar-refractivity contribution is 9.10. The van der Waals surface area contributed by atoms with E-state index in [0.29, 0.717) is 17.7 Å². The van der Waals surface area contributed by atoms with E-state index >= 15 is 0 Å². The lowest BCUT2D eigenvalue weighted by Crippen LogP contribution is -2.41. The van der Waals surface area contributed by atoms with Crippen molar-refractivity contribution in [3.8, 4) is 5.75 Å². The van der Waals surface area contributed by atoms with Crippen molar-refractivity contribution in [2.75, 3.05) is 14.2 Å². The molecule has 0 heterocycles. The lowest BCUT2D eigenvalue weighted by molar-refractivity contribution is -0.142. The van der Waals surface area contributed by atoms with Crippen LogP contribution in [-0.4, -0.2) is 32.1 Å². The standard InChI is InChI=1S/C13H16BrNO4.C3H8/c1-4-10(13(17)19-3)15-12(16)8-5-6-9(14)11(7-8)18-2;1-3-2/h5-7,10H,4H2,1-3H3,(H,15,16);3H2,1-2H3/t10-;/m0./s1. The highest BCUT2D eigenvalue weighted by atomic mass is 79.9. The molecule has 0 aliphatic heterocycles. The van der Waals surface area contributed by atoms with E-state index in [4.69, 9.17) is 4.74 Å². The average Bonchev–Trinajstić information content (AvgIpc) is 2.52. The van der Waals surface area contributed by atoms with Crippen molar-refractivity contribution < 1.29 is 19.1 Å². The number of rotatable bonds is 5. The van der Waals surface area contributed by atoms with E-state index in [1.807, 2.05) is 0 Å². The summed E-state index contributed by atoms with van der Waals surface area (Å²) in [5.74, 6) is -0.248. The number of hydrogen-bond donors (Lipinski definition) is 1. The number of halogens is 1. The molecule has 1 aromatic carbocycles. The van der Waals surface area contributed by atoms with Gasteiger partial charge in [-0.25, -0.2) is 4.79 Å². The molecule has 1 rings (SSSR count). The summed E-state index contributed by atoms with van der Waals surface area (Å²) in [5.41, 5.74) is 0.419. The Bertz CT molecular complexity index is 491. The molecule has 1 aromatic rings. The van der Waals surface area contributed by atoms with E-state index in [-0.39, 0.29) is 5.91 Å². The van der Waals surface area contributed by atoms with Crippen molar-refractivity contribution in [1.82, 2.24) is 5.32 Å². The number of ether oxygens (including phenoxy) is 2. The van der Waals surface area contributed by atoms with Gasteiger partial charge < -0.3 is 14.8 Å². The molecule has 0 saturated carbocycles. The minimum absolute atomic E-state index is 0.344. The maximum absolute atomic E-state index is 12.0. The van der Waals surface area contributed by atoms with Gasteiger partial charge in [0.2, 0.25) is 0 Å². The number of benzene rings is 1. The molecule has 0 aromatic heterocycles. The number of methoxy groups -OCH3 is 2. The third-order valence-corrected chi connectivity index (χ3v) is 3.27. The monoisotopic (exact) mass is 373 g/mol. The summed E-state index contributed by atoms with van der Waals surface area (Å²) in [6, 6.07) is 4.31. The van der Waals surface area contributed by atoms with Gasteiger partial charge in [-0.2, -0.15) is 0 Å². The maximum Gasteiger partial charge on any atom is 0.328 e. The van der Waals surface area contributed by atoms with Crippen molar-refractivity contribution >= 4 is 27.8 Å². The zero-order chi connectivity index (χ0) is 17.1. The molecule has 0 saturated heterocycles. The van der Waals surface area contributed by atoms with E-state index in [2.05, 4.69) is 39.8 Å². The molecule has 124 valence electrons. The first-order chi connectivity index (χ1) is 10.4. The van der Waals surface area contributed by atoms with E-state index in [1.165, 1.54) is 20.6 Å². The van der Waals surface area contributed by atoms with Crippen LogP contribution >= 0.6 is 15.9 Å². The number of hydrogen-bond acceptors (Lipinski definition) is 4. The molecular formula is C16H24BrNO4. The molecule has 0 unspecified atom stereocenters. The van der Waals surface area contributed by atoms with Crippen molar-refractivity contribution in [3.63, 3.8) is 0 Å². The van der Waals surface area contributed by atoms with Crippen molar-refractivity contribution in [2.24, 2.45) is 0 Å². The minimum Gasteiger partial charge on any atom is -0.496 e. The Morgan fingerprint density at radius 2 is 1.82 bits per heavy atom. The average molecular weight is 374 g/mol. The molecule has 0 bridgehead atoms. The van der Waals surface area contributed by atoms with Crippen LogP contribution in [0.5, 0.6) is 5.75 Å². The fraction of sp³-hybridized carbons (Fsp3) is 0.500. The van der Waals surface area contributed by atoms with Gasteiger partial charge in [0.1, 0.15) is 11.8 Å². The van der Waals surface area contributed by atoms with Gasteiger partial charge >= 0.3 is 5.97 Å². The summed E-state index contributed by atoms with van der Waals surface area (Å²) in [6.45, 7) is 6.05. The Morgan fingerprint density at radius 3 is 2.27 bits per heavy atom. The van der Waals surface area contributed by atoms with E-state index < -0.39 is 12.0 Å². The molecule has 22 heavy (non-hydrogen) atoms. The largest absolute Gasteiger partial charge is 0.496 e. The lowest BCUT2D eigenvalue weighted by Gasteiger charge is -2.15. The molecule has 1 amide bonds. The van der Waals surface area contributed by atoms with Gasteiger partial charge in [0.05, 0.1) is 18.7 Å². The molecule has 0 spiro atoms. The number of esters is 1. The van der Waals surface area contributed by atoms with E-state index in [0.717, 1.165) is 4.47 Å². The first kappa shape index (κ1) is 20.4. The van der Waals surface area contributed by atoms with Crippen LogP contribution in [0.25, 0.3) is 0 Å². The van der Waals surface area contributed by atoms with Crippen LogP contribution in [0.4, 0.5) is 0 Å². The minimum atomic E-state index is -0.646. The molecule has 0 radical (unpaired) electrons. The molecule has 0 fully saturated rings. The summed E-state index contributed by atoms with van der Waals surface area (Å²) in [6.07, 6.45) is 1.71. The first-order valence-electron chi connectivity index (χ1n) is 7.17. The van der Waals surface area contributed by atoms with Crippen LogP contribution in [0.2, 0.25) is 0 Å². The fourth-order valence-corrected chi connectivity index (χ4v) is 1.92. The normalized spacial score (nSPS) is 10.8. The van der Waals surface area contributed by atoms with Crippen LogP contribution in [-0.2, 0) is 9.53 Å². The first-order valence-corrected chi connectivity index (χ1v) is 7.96. The molecule has 1 atom stereocenters. The second kappa shape index (κ2) is 11.1. The predicted octanol–water partition coefficient (Wildman–Crippen LogP) is 3.56. The highest BCUT2D eigenvalue weighted by Gasteiger charge is 2.20. The summed E-state index contributed by atoms with van der Waals surface area (Å²) in [4.78, 5) is 23.4. The fourth-order valence-electron chi connectivity index (χ4n) is 1.51. The number of amides is 1. The van der Waals surface area contributed by atoms with Crippen molar-refractivity contribution in [1.29, 1.82) is 0 Å². The summed E-state index contributed by atoms with van der Waals surface area (Å²) >= 11 is 3.31. The second-order valence-electron chi connectivity index (χ2n) is 4.51. The number of carbonyl (C=O) groups is 2. The molecule has 6 heteroatoms. The van der Waals surface area contributed by atoms with Gasteiger partial charge in [-0.3, -0.25) is 4.79 Å². The Hall–Kier alpha value is -1.56. The van der Waals surface area contributed by atoms with Crippen LogP contribution in [0.3, 0.4) is 0 Å². The third kappa shape index (κ3) is 6.47. The van der Waals surface area contributed by atoms with Crippen molar-refractivity contribution in [3.05, 3.63) is 28.2 Å². The molecular weight excluding hydrogens is 350 g/mol. The summed E-state index contributed by atoms with van der Waals surface area (Å²) < 4.78 is 10.5. The van der Waals surface area contributed by atoms with Crippen LogP contribution in [0, 0.1) is 0 Å². The van der Waals surface area contributed by atoms with E-state index in [9.17, 15) is 9.59 Å². The molecule has 0 aliphatic carbocycles. The Labute approximate surface area is 140 Å². The van der Waals surface area contributed by atoms with Crippen molar-refractivity contribution in [2.45, 2.75) is 39.7 Å². The van der Waals surface area contributed by atoms with Gasteiger partial charge in [0.15, 0.2) is 0 Å². The van der Waals surface area contributed by atoms with Gasteiger partial charge in [-0.05, 0) is 40.5 Å². The molecule has 5 nitrogen and oxygen atoms in total. The smallest absolute Gasteiger partial charge is 0.328 e. The quantitative estimate of drug-likeness (QED) is 0.801. The zero-order valence-electron chi connectivity index (χ0n) is 13.7. The van der Waals surface area contributed by atoms with Crippen LogP contribution < -0.4 is 10.1 Å². The lowest BCUT2D eigenvalue weighted by atomic mass is 10.1. The van der Waals surface area contributed by atoms with Gasteiger partial charge in [0, 0.05) is 5.56 Å². The zero-order valence-corrected chi connectivity index (χ0v) is 15.3. The van der Waals surface area contributed by atoms with Crippen LogP contribution in [0.1, 0.15) is 44.0 Å². The van der Waals surface area contributed by atoms with E-state index in [1.54, 1.807) is 25.1 Å². The van der Waals surface area contributed by atoms with Gasteiger partial charge in [0.25, 0.3) is 5.91 Å². The highest BCUT2D eigenvalue weighted by Crippen LogP contribution is 2.25. The topological polar surface area (TPSA) is 64.6 Å². The van der Waals surface area contributed by atoms with Gasteiger partial charge in [-0.1, -0.05) is 27.2 Å². The Balaban J connectivity index is 0.00000135. The third-order valence-electron chi connectivity index (χ3n) is 2.61. The number of nitrogens with one attached hydrogen (secondary N) is 1. The summed E-state index contributed by atoms with van der Waals surface area (Å²) in [5, 5.41) is 2.62. The molecule has 0 aliphatic rings. The molecule has 1 N–H and O–H groups in total.